The molecule has 3 aromatic rings. The number of aliphatic hydroxyl groups excluding tert-OH is 1. The van der Waals surface area contributed by atoms with E-state index in [9.17, 15) is 19.5 Å². The summed E-state index contributed by atoms with van der Waals surface area (Å²) in [5, 5.41) is 16.4. The summed E-state index contributed by atoms with van der Waals surface area (Å²) >= 11 is 2.85. The Bertz CT molecular complexity index is 1320. The Hall–Kier alpha value is -3.26. The average molecular weight is 671 g/mol. The van der Waals surface area contributed by atoms with Crippen molar-refractivity contribution in [3.63, 3.8) is 0 Å². The van der Waals surface area contributed by atoms with Crippen LogP contribution in [0.3, 0.4) is 0 Å². The SMILES string of the molecule is CCCCOC(=O)N(C(=O)[C@H](Cc1c[nH]cn1)NC(=O)[C@@H](N)Cc1ccccc1)C(CC1CCCCC1)C(O)CSc1nccs1. The first kappa shape index (κ1) is 35.6. The van der Waals surface area contributed by atoms with Crippen LogP contribution in [0.1, 0.15) is 69.5 Å². The number of carbonyl (C=O) groups is 3. The van der Waals surface area contributed by atoms with Gasteiger partial charge in [0.2, 0.25) is 5.91 Å². The lowest BCUT2D eigenvalue weighted by atomic mass is 9.83. The molecular formula is C33H46N6O5S2. The number of nitrogens with one attached hydrogen (secondary N) is 2. The van der Waals surface area contributed by atoms with Crippen molar-refractivity contribution in [3.05, 3.63) is 65.7 Å². The molecule has 250 valence electrons. The van der Waals surface area contributed by atoms with Crippen molar-refractivity contribution in [2.24, 2.45) is 11.7 Å². The molecule has 0 radical (unpaired) electrons. The second-order valence-electron chi connectivity index (χ2n) is 11.8. The molecule has 0 spiro atoms. The second-order valence-corrected chi connectivity index (χ2v) is 13.9. The van der Waals surface area contributed by atoms with Crippen LogP contribution in [0.15, 0.2) is 58.8 Å². The third-order valence-electron chi connectivity index (χ3n) is 8.24. The highest BCUT2D eigenvalue weighted by Gasteiger charge is 2.41. The summed E-state index contributed by atoms with van der Waals surface area (Å²) in [4.78, 5) is 54.4. The fraction of sp³-hybridized carbons (Fsp3) is 0.545. The highest BCUT2D eigenvalue weighted by atomic mass is 32.2. The number of aliphatic hydroxyl groups is 1. The number of aromatic amines is 1. The van der Waals surface area contributed by atoms with Crippen LogP contribution in [0, 0.1) is 5.92 Å². The number of nitrogens with zero attached hydrogens (tertiary/aromatic N) is 3. The topological polar surface area (TPSA) is 164 Å². The summed E-state index contributed by atoms with van der Waals surface area (Å²) in [5.74, 6) is -0.727. The van der Waals surface area contributed by atoms with E-state index in [0.717, 1.165) is 53.3 Å². The average Bonchev–Trinajstić information content (AvgIpc) is 3.79. The summed E-state index contributed by atoms with van der Waals surface area (Å²) in [6.45, 7) is 2.12. The van der Waals surface area contributed by atoms with Gasteiger partial charge in [0.05, 0.1) is 36.8 Å². The first-order valence-corrected chi connectivity index (χ1v) is 18.0. The maximum atomic E-state index is 14.6. The number of H-pyrrole nitrogens is 1. The van der Waals surface area contributed by atoms with Gasteiger partial charge in [-0.1, -0.05) is 87.5 Å². The quantitative estimate of drug-likeness (QED) is 0.118. The minimum Gasteiger partial charge on any atom is -0.449 e. The summed E-state index contributed by atoms with van der Waals surface area (Å²) < 4.78 is 6.42. The van der Waals surface area contributed by atoms with Crippen molar-refractivity contribution in [1.29, 1.82) is 0 Å². The number of rotatable bonds is 17. The minimum atomic E-state index is -1.18. The Morgan fingerprint density at radius 1 is 1.17 bits per heavy atom. The van der Waals surface area contributed by atoms with Crippen LogP contribution in [-0.4, -0.2) is 79.5 Å². The van der Waals surface area contributed by atoms with Crippen LogP contribution in [0.4, 0.5) is 4.79 Å². The number of benzene rings is 1. The predicted octanol–water partition coefficient (Wildman–Crippen LogP) is 4.72. The van der Waals surface area contributed by atoms with E-state index < -0.39 is 42.1 Å². The van der Waals surface area contributed by atoms with Crippen LogP contribution in [0.5, 0.6) is 0 Å². The molecule has 11 nitrogen and oxygen atoms in total. The number of nitrogens with two attached hydrogens (primary N) is 1. The lowest BCUT2D eigenvalue weighted by Crippen LogP contribution is -2.60. The van der Waals surface area contributed by atoms with Crippen LogP contribution < -0.4 is 11.1 Å². The van der Waals surface area contributed by atoms with Gasteiger partial charge in [0.1, 0.15) is 10.4 Å². The van der Waals surface area contributed by atoms with Gasteiger partial charge in [-0.2, -0.15) is 0 Å². The van der Waals surface area contributed by atoms with Crippen molar-refractivity contribution >= 4 is 41.0 Å². The lowest BCUT2D eigenvalue weighted by molar-refractivity contribution is -0.139. The van der Waals surface area contributed by atoms with Crippen LogP contribution in [-0.2, 0) is 27.2 Å². The fourth-order valence-corrected chi connectivity index (χ4v) is 7.40. The van der Waals surface area contributed by atoms with Crippen LogP contribution >= 0.6 is 23.1 Å². The minimum absolute atomic E-state index is 0.0188. The zero-order valence-electron chi connectivity index (χ0n) is 26.4. The fourth-order valence-electron chi connectivity index (χ4n) is 5.73. The monoisotopic (exact) mass is 670 g/mol. The van der Waals surface area contributed by atoms with E-state index in [1.807, 2.05) is 42.6 Å². The van der Waals surface area contributed by atoms with Gasteiger partial charge in [-0.3, -0.25) is 9.59 Å². The molecule has 2 aromatic heterocycles. The van der Waals surface area contributed by atoms with Gasteiger partial charge >= 0.3 is 6.09 Å². The van der Waals surface area contributed by atoms with Gasteiger partial charge in [-0.25, -0.2) is 19.7 Å². The molecule has 4 rings (SSSR count). The van der Waals surface area contributed by atoms with Crippen molar-refractivity contribution in [2.45, 2.75) is 99.7 Å². The third kappa shape index (κ3) is 10.9. The number of hydrogen-bond donors (Lipinski definition) is 4. The molecule has 1 fully saturated rings. The van der Waals surface area contributed by atoms with Crippen molar-refractivity contribution in [2.75, 3.05) is 12.4 Å². The van der Waals surface area contributed by atoms with E-state index in [4.69, 9.17) is 10.5 Å². The molecule has 46 heavy (non-hydrogen) atoms. The first-order chi connectivity index (χ1) is 22.4. The number of hydrogen-bond acceptors (Lipinski definition) is 10. The number of thiazole rings is 1. The van der Waals surface area contributed by atoms with Crippen LogP contribution in [0.2, 0.25) is 0 Å². The Kier molecular flexibility index (Phi) is 14.5. The molecule has 0 aliphatic heterocycles. The van der Waals surface area contributed by atoms with Gasteiger partial charge in [0, 0.05) is 29.9 Å². The van der Waals surface area contributed by atoms with Crippen molar-refractivity contribution in [1.82, 2.24) is 25.2 Å². The number of aromatic nitrogens is 3. The molecule has 1 aromatic carbocycles. The third-order valence-corrected chi connectivity index (χ3v) is 10.3. The van der Waals surface area contributed by atoms with E-state index in [-0.39, 0.29) is 31.1 Å². The maximum Gasteiger partial charge on any atom is 0.416 e. The van der Waals surface area contributed by atoms with Crippen LogP contribution in [0.25, 0.3) is 0 Å². The highest BCUT2D eigenvalue weighted by Crippen LogP contribution is 2.32. The Labute approximate surface area is 279 Å². The molecule has 1 saturated carbocycles. The Morgan fingerprint density at radius 3 is 2.63 bits per heavy atom. The first-order valence-electron chi connectivity index (χ1n) is 16.1. The summed E-state index contributed by atoms with van der Waals surface area (Å²) in [7, 11) is 0. The normalized spacial score (nSPS) is 16.2. The smallest absolute Gasteiger partial charge is 0.416 e. The Morgan fingerprint density at radius 2 is 1.96 bits per heavy atom. The summed E-state index contributed by atoms with van der Waals surface area (Å²) in [6.07, 6.45) is 10.3. The number of unbranched alkanes of at least 4 members (excludes halogenated alkanes) is 1. The standard InChI is InChI=1S/C33H46N6O5S2/c1-2-3-15-44-33(43)39(28(18-24-12-8-5-9-13-24)29(40)21-46-32-36-14-16-45-32)31(42)27(19-25-20-35-22-37-25)38-30(41)26(34)17-23-10-6-4-7-11-23/h4,6-7,10-11,14,16,20,22,24,26-29,40H,2-3,5,8-9,12-13,15,17-19,21,34H2,1H3,(H,35,37)(H,38,41)/t26-,27-,28?,29?/m0/s1. The van der Waals surface area contributed by atoms with Crippen molar-refractivity contribution in [3.8, 4) is 0 Å². The number of imidazole rings is 1. The number of thioether (sulfide) groups is 1. The van der Waals surface area contributed by atoms with Gasteiger partial charge in [-0.15, -0.1) is 11.3 Å². The molecule has 0 bridgehead atoms. The molecule has 3 amide bonds. The zero-order chi connectivity index (χ0) is 32.7. The molecule has 5 N–H and O–H groups in total. The molecule has 0 saturated heterocycles. The second kappa shape index (κ2) is 18.8. The van der Waals surface area contributed by atoms with Crippen molar-refractivity contribution < 1.29 is 24.2 Å². The van der Waals surface area contributed by atoms with E-state index in [1.54, 1.807) is 12.4 Å². The molecule has 4 atom stereocenters. The lowest BCUT2D eigenvalue weighted by Gasteiger charge is -2.37. The summed E-state index contributed by atoms with van der Waals surface area (Å²) in [6, 6.07) is 6.42. The highest BCUT2D eigenvalue weighted by molar-refractivity contribution is 8.01. The largest absolute Gasteiger partial charge is 0.449 e. The summed E-state index contributed by atoms with van der Waals surface area (Å²) in [5.41, 5.74) is 7.72. The predicted molar refractivity (Wildman–Crippen MR) is 179 cm³/mol. The molecule has 1 aliphatic carbocycles. The van der Waals surface area contributed by atoms with Gasteiger partial charge < -0.3 is 25.9 Å². The van der Waals surface area contributed by atoms with Gasteiger partial charge in [-0.05, 0) is 30.7 Å². The van der Waals surface area contributed by atoms with E-state index in [2.05, 4.69) is 20.3 Å². The maximum absolute atomic E-state index is 14.6. The molecular weight excluding hydrogens is 625 g/mol. The van der Waals surface area contributed by atoms with Gasteiger partial charge in [0.15, 0.2) is 0 Å². The van der Waals surface area contributed by atoms with E-state index in [0.29, 0.717) is 18.5 Å². The Balaban J connectivity index is 1.63. The molecule has 13 heteroatoms. The number of imide groups is 1. The number of ether oxygens (including phenoxy) is 1. The molecule has 2 heterocycles. The van der Waals surface area contributed by atoms with Gasteiger partial charge in [0.25, 0.3) is 5.91 Å². The molecule has 2 unspecified atom stereocenters. The van der Waals surface area contributed by atoms with E-state index in [1.165, 1.54) is 29.4 Å². The number of amides is 3. The zero-order valence-corrected chi connectivity index (χ0v) is 28.0. The van der Waals surface area contributed by atoms with E-state index >= 15 is 0 Å². The number of carbonyl (C=O) groups excluding carboxylic acids is 3. The molecule has 1 aliphatic rings.